The zero-order valence-corrected chi connectivity index (χ0v) is 15.5. The van der Waals surface area contributed by atoms with Crippen LogP contribution in [0.3, 0.4) is 0 Å². The van der Waals surface area contributed by atoms with Gasteiger partial charge in [-0.1, -0.05) is 6.07 Å². The normalized spacial score (nSPS) is 11.5. The van der Waals surface area contributed by atoms with Crippen molar-refractivity contribution in [2.75, 3.05) is 13.7 Å². The lowest BCUT2D eigenvalue weighted by Gasteiger charge is -2.19. The molecule has 0 aliphatic carbocycles. The molecule has 7 heteroatoms. The van der Waals surface area contributed by atoms with Crippen molar-refractivity contribution in [3.8, 4) is 5.69 Å². The van der Waals surface area contributed by atoms with Gasteiger partial charge in [0.1, 0.15) is 0 Å². The second-order valence-electron chi connectivity index (χ2n) is 6.92. The molecule has 0 aliphatic rings. The molecule has 2 aromatic rings. The van der Waals surface area contributed by atoms with Crippen molar-refractivity contribution >= 4 is 5.69 Å². The molecule has 0 fully saturated rings. The summed E-state index contributed by atoms with van der Waals surface area (Å²) < 4.78 is 12.3. The van der Waals surface area contributed by atoms with Gasteiger partial charge in [0, 0.05) is 43.0 Å². The molecule has 140 valence electrons. The Bertz CT molecular complexity index is 837. The van der Waals surface area contributed by atoms with E-state index in [9.17, 15) is 14.9 Å². The maximum Gasteiger partial charge on any atom is 0.269 e. The SMILES string of the molecule is COCc1cc([N+](=O)[O-])ccc1-n1cccc(CCOC(C)(C)C)c1=O. The number of hydrogen-bond acceptors (Lipinski definition) is 5. The molecule has 0 saturated carbocycles. The third-order valence-corrected chi connectivity index (χ3v) is 3.77. The van der Waals surface area contributed by atoms with Gasteiger partial charge in [0.25, 0.3) is 11.2 Å². The number of methoxy groups -OCH3 is 1. The van der Waals surface area contributed by atoms with Gasteiger partial charge in [-0.05, 0) is 32.9 Å². The number of non-ortho nitro benzene ring substituents is 1. The molecule has 0 atom stereocenters. The molecule has 26 heavy (non-hydrogen) atoms. The number of rotatable bonds is 7. The largest absolute Gasteiger partial charge is 0.380 e. The van der Waals surface area contributed by atoms with E-state index in [0.29, 0.717) is 29.8 Å². The highest BCUT2D eigenvalue weighted by Crippen LogP contribution is 2.21. The van der Waals surface area contributed by atoms with Crippen LogP contribution in [0.2, 0.25) is 0 Å². The molecule has 7 nitrogen and oxygen atoms in total. The highest BCUT2D eigenvalue weighted by molar-refractivity contribution is 5.48. The minimum Gasteiger partial charge on any atom is -0.380 e. The molecule has 0 unspecified atom stereocenters. The Morgan fingerprint density at radius 1 is 1.19 bits per heavy atom. The lowest BCUT2D eigenvalue weighted by molar-refractivity contribution is -0.384. The number of ether oxygens (including phenoxy) is 2. The first kappa shape index (κ1) is 19.8. The minimum absolute atomic E-state index is 0.0384. The van der Waals surface area contributed by atoms with Crippen LogP contribution < -0.4 is 5.56 Å². The van der Waals surface area contributed by atoms with Crippen LogP contribution in [0.1, 0.15) is 31.9 Å². The molecule has 0 spiro atoms. The minimum atomic E-state index is -0.466. The zero-order valence-electron chi connectivity index (χ0n) is 15.5. The van der Waals surface area contributed by atoms with Crippen LogP contribution in [0.15, 0.2) is 41.3 Å². The first-order valence-corrected chi connectivity index (χ1v) is 8.34. The van der Waals surface area contributed by atoms with Gasteiger partial charge in [0.15, 0.2) is 0 Å². The van der Waals surface area contributed by atoms with Gasteiger partial charge in [-0.3, -0.25) is 19.5 Å². The van der Waals surface area contributed by atoms with E-state index < -0.39 is 4.92 Å². The maximum absolute atomic E-state index is 12.8. The summed E-state index contributed by atoms with van der Waals surface area (Å²) in [7, 11) is 1.51. The Morgan fingerprint density at radius 3 is 2.54 bits per heavy atom. The first-order valence-electron chi connectivity index (χ1n) is 8.34. The Morgan fingerprint density at radius 2 is 1.92 bits per heavy atom. The molecule has 1 aromatic heterocycles. The smallest absolute Gasteiger partial charge is 0.269 e. The highest BCUT2D eigenvalue weighted by Gasteiger charge is 2.15. The van der Waals surface area contributed by atoms with Crippen molar-refractivity contribution in [2.45, 2.75) is 39.4 Å². The Kier molecular flexibility index (Phi) is 6.28. The van der Waals surface area contributed by atoms with E-state index in [1.165, 1.54) is 23.8 Å². The quantitative estimate of drug-likeness (QED) is 0.559. The molecular weight excluding hydrogens is 336 g/mol. The molecule has 1 aromatic carbocycles. The highest BCUT2D eigenvalue weighted by atomic mass is 16.6. The van der Waals surface area contributed by atoms with Crippen molar-refractivity contribution < 1.29 is 14.4 Å². The molecular formula is C19H24N2O5. The van der Waals surface area contributed by atoms with Crippen LogP contribution in [0.4, 0.5) is 5.69 Å². The van der Waals surface area contributed by atoms with Crippen molar-refractivity contribution in [2.24, 2.45) is 0 Å². The number of aromatic nitrogens is 1. The predicted octanol–water partition coefficient (Wildman–Crippen LogP) is 3.25. The van der Waals surface area contributed by atoms with Gasteiger partial charge in [0.05, 0.1) is 29.4 Å². The number of pyridine rings is 1. The Labute approximate surface area is 152 Å². The molecule has 1 heterocycles. The molecule has 0 saturated heterocycles. The number of nitro benzene ring substituents is 1. The molecule has 0 amide bonds. The number of nitro groups is 1. The fourth-order valence-corrected chi connectivity index (χ4v) is 2.58. The van der Waals surface area contributed by atoms with Crippen LogP contribution in [-0.2, 0) is 22.5 Å². The standard InChI is InChI=1S/C19H24N2O5/c1-19(2,3)26-11-9-14-6-5-10-20(18(14)22)17-8-7-16(21(23)24)12-15(17)13-25-4/h5-8,10,12H,9,11,13H2,1-4H3. The van der Waals surface area contributed by atoms with Crippen LogP contribution >= 0.6 is 0 Å². The van der Waals surface area contributed by atoms with Crippen LogP contribution in [-0.4, -0.2) is 28.8 Å². The van der Waals surface area contributed by atoms with Crippen molar-refractivity contribution in [1.29, 1.82) is 0 Å². The fourth-order valence-electron chi connectivity index (χ4n) is 2.58. The van der Waals surface area contributed by atoms with E-state index in [4.69, 9.17) is 9.47 Å². The van der Waals surface area contributed by atoms with Gasteiger partial charge in [0.2, 0.25) is 0 Å². The maximum atomic E-state index is 12.8. The van der Waals surface area contributed by atoms with E-state index in [2.05, 4.69) is 0 Å². The third kappa shape index (κ3) is 5.00. The Balaban J connectivity index is 2.38. The van der Waals surface area contributed by atoms with E-state index in [1.807, 2.05) is 20.8 Å². The second-order valence-corrected chi connectivity index (χ2v) is 6.92. The van der Waals surface area contributed by atoms with E-state index in [-0.39, 0.29) is 23.5 Å². The van der Waals surface area contributed by atoms with E-state index >= 15 is 0 Å². The zero-order chi connectivity index (χ0) is 19.3. The Hall–Kier alpha value is -2.51. The molecule has 0 N–H and O–H groups in total. The summed E-state index contributed by atoms with van der Waals surface area (Å²) >= 11 is 0. The van der Waals surface area contributed by atoms with E-state index in [1.54, 1.807) is 24.4 Å². The molecule has 0 aliphatic heterocycles. The van der Waals surface area contributed by atoms with Gasteiger partial charge < -0.3 is 9.47 Å². The summed E-state index contributed by atoms with van der Waals surface area (Å²) in [6.07, 6.45) is 2.14. The first-order chi connectivity index (χ1) is 12.2. The van der Waals surface area contributed by atoms with Crippen molar-refractivity contribution in [3.63, 3.8) is 0 Å². The summed E-state index contributed by atoms with van der Waals surface area (Å²) in [5, 5.41) is 11.0. The topological polar surface area (TPSA) is 83.6 Å². The van der Waals surface area contributed by atoms with Crippen molar-refractivity contribution in [1.82, 2.24) is 4.57 Å². The lowest BCUT2D eigenvalue weighted by atomic mass is 10.1. The monoisotopic (exact) mass is 360 g/mol. The summed E-state index contributed by atoms with van der Waals surface area (Å²) in [6.45, 7) is 6.49. The summed E-state index contributed by atoms with van der Waals surface area (Å²) in [5.41, 5.74) is 1.30. The second kappa shape index (κ2) is 8.25. The lowest BCUT2D eigenvalue weighted by Crippen LogP contribution is -2.25. The van der Waals surface area contributed by atoms with Gasteiger partial charge in [-0.2, -0.15) is 0 Å². The number of benzene rings is 1. The predicted molar refractivity (Wildman–Crippen MR) is 98.8 cm³/mol. The van der Waals surface area contributed by atoms with Crippen LogP contribution in [0.5, 0.6) is 0 Å². The van der Waals surface area contributed by atoms with Gasteiger partial charge >= 0.3 is 0 Å². The summed E-state index contributed by atoms with van der Waals surface area (Å²) in [4.78, 5) is 23.4. The van der Waals surface area contributed by atoms with Gasteiger partial charge in [-0.25, -0.2) is 0 Å². The summed E-state index contributed by atoms with van der Waals surface area (Å²) in [5.74, 6) is 0. The number of hydrogen-bond donors (Lipinski definition) is 0. The fraction of sp³-hybridized carbons (Fsp3) is 0.421. The van der Waals surface area contributed by atoms with Crippen LogP contribution in [0, 0.1) is 10.1 Å². The molecule has 0 bridgehead atoms. The number of nitrogens with zero attached hydrogens (tertiary/aromatic N) is 2. The van der Waals surface area contributed by atoms with Crippen molar-refractivity contribution in [3.05, 3.63) is 68.1 Å². The third-order valence-electron chi connectivity index (χ3n) is 3.77. The molecule has 2 rings (SSSR count). The summed E-state index contributed by atoms with van der Waals surface area (Å²) in [6, 6.07) is 7.94. The average Bonchev–Trinajstić information content (AvgIpc) is 2.56. The van der Waals surface area contributed by atoms with Gasteiger partial charge in [-0.15, -0.1) is 0 Å². The average molecular weight is 360 g/mol. The molecule has 0 radical (unpaired) electrons. The van der Waals surface area contributed by atoms with E-state index in [0.717, 1.165) is 0 Å². The van der Waals surface area contributed by atoms with Crippen LogP contribution in [0.25, 0.3) is 5.69 Å².